The van der Waals surface area contributed by atoms with Gasteiger partial charge in [0.15, 0.2) is 0 Å². The molecule has 0 aliphatic carbocycles. The molecule has 2 N–H and O–H groups in total. The lowest BCUT2D eigenvalue weighted by atomic mass is 9.94. The second kappa shape index (κ2) is 10.6. The Morgan fingerprint density at radius 3 is 2.58 bits per heavy atom. The van der Waals surface area contributed by atoms with Gasteiger partial charge in [0.2, 0.25) is 11.8 Å². The van der Waals surface area contributed by atoms with Crippen LogP contribution in [-0.2, 0) is 9.47 Å². The number of ether oxygens (including phenoxy) is 2. The van der Waals surface area contributed by atoms with E-state index in [4.69, 9.17) is 19.7 Å². The number of likely N-dealkylation sites (tertiary alicyclic amines) is 1. The van der Waals surface area contributed by atoms with E-state index in [2.05, 4.69) is 20.1 Å². The van der Waals surface area contributed by atoms with Crippen LogP contribution in [0.4, 0.5) is 19.5 Å². The molecule has 3 aromatic rings. The van der Waals surface area contributed by atoms with E-state index >= 15 is 0 Å². The van der Waals surface area contributed by atoms with Crippen LogP contribution >= 0.6 is 0 Å². The number of amides is 1. The first-order chi connectivity index (χ1) is 18.2. The molecule has 0 unspecified atom stereocenters. The molecule has 2 aromatic heterocycles. The van der Waals surface area contributed by atoms with Crippen molar-refractivity contribution < 1.29 is 27.6 Å². The summed E-state index contributed by atoms with van der Waals surface area (Å²) < 4.78 is 44.4. The topological polar surface area (TPSA) is 133 Å². The number of anilines is 1. The Balaban J connectivity index is 1.17. The average molecular weight is 530 g/mol. The van der Waals surface area contributed by atoms with Gasteiger partial charge in [0.1, 0.15) is 17.7 Å². The molecule has 0 bridgehead atoms. The highest BCUT2D eigenvalue weighted by Crippen LogP contribution is 2.31. The molecule has 5 rings (SSSR count). The van der Waals surface area contributed by atoms with Gasteiger partial charge < -0.3 is 29.5 Å². The van der Waals surface area contributed by atoms with Crippen molar-refractivity contribution in [3.63, 3.8) is 0 Å². The molecule has 38 heavy (non-hydrogen) atoms. The molecule has 11 nitrogen and oxygen atoms in total. The maximum atomic E-state index is 14.3. The number of nitrogens with two attached hydrogens (primary N) is 1. The lowest BCUT2D eigenvalue weighted by Gasteiger charge is -2.39. The van der Waals surface area contributed by atoms with Crippen LogP contribution in [-0.4, -0.2) is 75.5 Å². The summed E-state index contributed by atoms with van der Waals surface area (Å²) in [5.41, 5.74) is 7.03. The number of carbonyl (C=O) groups is 1. The fraction of sp³-hybridized carbons (Fsp3) is 0.480. The summed E-state index contributed by atoms with van der Waals surface area (Å²) >= 11 is 0. The van der Waals surface area contributed by atoms with Crippen LogP contribution < -0.4 is 10.6 Å². The van der Waals surface area contributed by atoms with Crippen molar-refractivity contribution in [3.8, 4) is 11.4 Å². The molecular formula is C25H29F2N7O4. The van der Waals surface area contributed by atoms with Crippen molar-refractivity contribution in [3.05, 3.63) is 53.7 Å². The van der Waals surface area contributed by atoms with E-state index in [0.29, 0.717) is 43.5 Å². The van der Waals surface area contributed by atoms with Crippen molar-refractivity contribution in [2.24, 2.45) is 5.73 Å². The van der Waals surface area contributed by atoms with Gasteiger partial charge in [0, 0.05) is 37.4 Å². The summed E-state index contributed by atoms with van der Waals surface area (Å²) in [6.45, 7) is 7.01. The first-order valence-electron chi connectivity index (χ1n) is 12.4. The Kier molecular flexibility index (Phi) is 7.21. The summed E-state index contributed by atoms with van der Waals surface area (Å²) in [6, 6.07) is 2.98. The van der Waals surface area contributed by atoms with Crippen molar-refractivity contribution in [1.82, 2.24) is 25.0 Å². The Morgan fingerprint density at radius 1 is 1.13 bits per heavy atom. The van der Waals surface area contributed by atoms with Gasteiger partial charge in [-0.2, -0.15) is 4.98 Å². The fourth-order valence-electron chi connectivity index (χ4n) is 4.53. The number of hydrogen-bond acceptors (Lipinski definition) is 10. The Morgan fingerprint density at radius 2 is 1.87 bits per heavy atom. The van der Waals surface area contributed by atoms with Crippen molar-refractivity contribution in [2.45, 2.75) is 51.0 Å². The molecule has 0 saturated carbocycles. The number of nitrogens with zero attached hydrogens (tertiary/aromatic N) is 6. The first-order valence-corrected chi connectivity index (χ1v) is 12.4. The third-order valence-corrected chi connectivity index (χ3v) is 6.53. The van der Waals surface area contributed by atoms with Gasteiger partial charge in [0.25, 0.3) is 5.89 Å². The maximum Gasteiger partial charge on any atom is 0.410 e. The van der Waals surface area contributed by atoms with Crippen LogP contribution in [0.3, 0.4) is 0 Å². The van der Waals surface area contributed by atoms with Gasteiger partial charge in [-0.3, -0.25) is 0 Å². The second-order valence-electron chi connectivity index (χ2n) is 9.81. The Bertz CT molecular complexity index is 1280. The predicted molar refractivity (Wildman–Crippen MR) is 131 cm³/mol. The lowest BCUT2D eigenvalue weighted by molar-refractivity contribution is -0.0916. The molecule has 1 amide bonds. The van der Waals surface area contributed by atoms with Gasteiger partial charge in [-0.05, 0) is 44.5 Å². The minimum atomic E-state index is -0.507. The molecule has 0 spiro atoms. The molecular weight excluding hydrogens is 500 g/mol. The summed E-state index contributed by atoms with van der Waals surface area (Å²) in [4.78, 5) is 28.5. The van der Waals surface area contributed by atoms with Gasteiger partial charge in [-0.25, -0.2) is 23.5 Å². The molecule has 13 heteroatoms. The predicted octanol–water partition coefficient (Wildman–Crippen LogP) is 3.04. The molecule has 2 aliphatic heterocycles. The first kappa shape index (κ1) is 25.9. The van der Waals surface area contributed by atoms with Gasteiger partial charge in [-0.15, -0.1) is 0 Å². The number of aromatic nitrogens is 4. The number of carbonyl (C=O) groups excluding carboxylic acids is 1. The molecule has 2 aliphatic rings. The van der Waals surface area contributed by atoms with E-state index in [1.807, 2.05) is 4.90 Å². The highest BCUT2D eigenvalue weighted by Gasteiger charge is 2.36. The summed E-state index contributed by atoms with van der Waals surface area (Å²) in [5.74, 6) is -0.381. The Labute approximate surface area is 217 Å². The molecule has 2 saturated heterocycles. The number of rotatable bonds is 7. The van der Waals surface area contributed by atoms with Crippen molar-refractivity contribution in [2.75, 3.05) is 31.1 Å². The van der Waals surface area contributed by atoms with Gasteiger partial charge in [-0.1, -0.05) is 5.16 Å². The van der Waals surface area contributed by atoms with Crippen LogP contribution in [0.25, 0.3) is 11.4 Å². The fourth-order valence-corrected chi connectivity index (χ4v) is 4.53. The standard InChI is InChI=1S/C25H29F2N7O4/c1-13(2)36-25(35)34-9-17(10-34)37-14(3)23-31-22(32-38-23)15-7-29-24(30-8-15)33-11-19(21(28)12-33)18-6-16(26)4-5-20(18)27/h4-8,13-14,17,19,21H,9-12,28H2,1-3H3/t14-,19-,21+/m1/s1. The molecule has 202 valence electrons. The van der Waals surface area contributed by atoms with E-state index in [1.54, 1.807) is 38.1 Å². The molecule has 0 radical (unpaired) electrons. The zero-order valence-corrected chi connectivity index (χ0v) is 21.3. The van der Waals surface area contributed by atoms with Crippen LogP contribution in [0.5, 0.6) is 0 Å². The van der Waals surface area contributed by atoms with E-state index in [1.165, 1.54) is 6.07 Å². The van der Waals surface area contributed by atoms with Crippen LogP contribution in [0.1, 0.15) is 44.2 Å². The number of halogens is 2. The molecule has 1 aromatic carbocycles. The maximum absolute atomic E-state index is 14.3. The van der Waals surface area contributed by atoms with Crippen LogP contribution in [0.15, 0.2) is 35.1 Å². The van der Waals surface area contributed by atoms with Crippen molar-refractivity contribution >= 4 is 12.0 Å². The van der Waals surface area contributed by atoms with E-state index in [-0.39, 0.29) is 35.7 Å². The van der Waals surface area contributed by atoms with Crippen LogP contribution in [0, 0.1) is 11.6 Å². The third-order valence-electron chi connectivity index (χ3n) is 6.53. The minimum Gasteiger partial charge on any atom is -0.447 e. The zero-order chi connectivity index (χ0) is 27.0. The largest absolute Gasteiger partial charge is 0.447 e. The highest BCUT2D eigenvalue weighted by molar-refractivity contribution is 5.69. The summed E-state index contributed by atoms with van der Waals surface area (Å²) in [5, 5.41) is 4.00. The normalized spacial score (nSPS) is 20.6. The minimum absolute atomic E-state index is 0.154. The van der Waals surface area contributed by atoms with Crippen molar-refractivity contribution in [1.29, 1.82) is 0 Å². The second-order valence-corrected chi connectivity index (χ2v) is 9.81. The highest BCUT2D eigenvalue weighted by atomic mass is 19.1. The van der Waals surface area contributed by atoms with Gasteiger partial charge >= 0.3 is 6.09 Å². The summed E-state index contributed by atoms with van der Waals surface area (Å²) in [6.07, 6.45) is 1.97. The van der Waals surface area contributed by atoms with E-state index < -0.39 is 23.8 Å². The average Bonchev–Trinajstić information content (AvgIpc) is 3.49. The molecule has 3 atom stereocenters. The molecule has 4 heterocycles. The summed E-state index contributed by atoms with van der Waals surface area (Å²) in [7, 11) is 0. The smallest absolute Gasteiger partial charge is 0.410 e. The Hall–Kier alpha value is -3.71. The van der Waals surface area contributed by atoms with Gasteiger partial charge in [0.05, 0.1) is 30.9 Å². The van der Waals surface area contributed by atoms with E-state index in [9.17, 15) is 13.6 Å². The van der Waals surface area contributed by atoms with Crippen LogP contribution in [0.2, 0.25) is 0 Å². The number of hydrogen-bond donors (Lipinski definition) is 1. The zero-order valence-electron chi connectivity index (χ0n) is 21.3. The molecule has 2 fully saturated rings. The third kappa shape index (κ3) is 5.43. The SMILES string of the molecule is CC(C)OC(=O)N1CC(O[C@H](C)c2nc(-c3cnc(N4C[C@H](c5cc(F)ccc5F)[C@@H](N)C4)nc3)no2)C1. The monoisotopic (exact) mass is 529 g/mol. The quantitative estimate of drug-likeness (QED) is 0.487. The van der Waals surface area contributed by atoms with E-state index in [0.717, 1.165) is 12.1 Å². The number of benzene rings is 1. The lowest BCUT2D eigenvalue weighted by Crippen LogP contribution is -2.55.